The van der Waals surface area contributed by atoms with E-state index >= 15 is 0 Å². The van der Waals surface area contributed by atoms with Gasteiger partial charge in [-0.3, -0.25) is 0 Å². The van der Waals surface area contributed by atoms with Crippen molar-refractivity contribution >= 4 is 17.3 Å². The van der Waals surface area contributed by atoms with Crippen LogP contribution in [0.4, 0.5) is 5.69 Å². The van der Waals surface area contributed by atoms with Gasteiger partial charge in [0.15, 0.2) is 0 Å². The van der Waals surface area contributed by atoms with Gasteiger partial charge in [-0.15, -0.1) is 0 Å². The number of hydrogen-bond acceptors (Lipinski definition) is 3. The molecule has 1 aromatic rings. The first kappa shape index (κ1) is 12.7. The molecule has 2 rings (SSSR count). The Hall–Kier alpha value is -0.770. The van der Waals surface area contributed by atoms with Gasteiger partial charge in [0.1, 0.15) is 0 Å². The van der Waals surface area contributed by atoms with Gasteiger partial charge in [-0.1, -0.05) is 11.6 Å². The third kappa shape index (κ3) is 2.57. The number of piperazine rings is 1. The van der Waals surface area contributed by atoms with Crippen LogP contribution >= 0.6 is 11.6 Å². The lowest BCUT2D eigenvalue weighted by molar-refractivity contribution is 0.235. The molecule has 0 saturated carbocycles. The van der Waals surface area contributed by atoms with Gasteiger partial charge in [0, 0.05) is 29.8 Å². The number of rotatable bonds is 2. The molecule has 1 saturated heterocycles. The molecule has 0 aromatic heterocycles. The summed E-state index contributed by atoms with van der Waals surface area (Å²) in [5, 5.41) is 13.6. The van der Waals surface area contributed by atoms with E-state index in [1.165, 1.54) is 5.69 Å². The molecule has 1 aliphatic heterocycles. The topological polar surface area (TPSA) is 35.5 Å². The van der Waals surface area contributed by atoms with Crippen LogP contribution in [0.2, 0.25) is 5.02 Å². The second-order valence-electron chi connectivity index (χ2n) is 4.68. The van der Waals surface area contributed by atoms with E-state index in [2.05, 4.69) is 24.1 Å². The Bertz CT molecular complexity index is 397. The summed E-state index contributed by atoms with van der Waals surface area (Å²) in [5.41, 5.74) is 2.33. The van der Waals surface area contributed by atoms with Crippen LogP contribution in [0, 0.1) is 6.92 Å². The Morgan fingerprint density at radius 1 is 1.47 bits per heavy atom. The molecule has 2 N–H and O–H groups in total. The molecule has 1 fully saturated rings. The Kier molecular flexibility index (Phi) is 3.92. The first-order chi connectivity index (χ1) is 8.13. The molecular formula is C13H19ClN2O. The predicted molar refractivity (Wildman–Crippen MR) is 71.9 cm³/mol. The largest absolute Gasteiger partial charge is 0.394 e. The van der Waals surface area contributed by atoms with Crippen LogP contribution in [0.15, 0.2) is 18.2 Å². The predicted octanol–water partition coefficient (Wildman–Crippen LogP) is 1.81. The number of anilines is 1. The highest BCUT2D eigenvalue weighted by Crippen LogP contribution is 2.28. The lowest BCUT2D eigenvalue weighted by Gasteiger charge is -2.42. The summed E-state index contributed by atoms with van der Waals surface area (Å²) in [4.78, 5) is 2.29. The maximum atomic E-state index is 9.48. The highest BCUT2D eigenvalue weighted by atomic mass is 35.5. The molecule has 2 atom stereocenters. The summed E-state index contributed by atoms with van der Waals surface area (Å²) in [6, 6.07) is 6.44. The van der Waals surface area contributed by atoms with E-state index in [9.17, 15) is 5.11 Å². The summed E-state index contributed by atoms with van der Waals surface area (Å²) in [7, 11) is 0. The molecule has 0 aliphatic carbocycles. The van der Waals surface area contributed by atoms with Crippen molar-refractivity contribution in [3.63, 3.8) is 0 Å². The molecule has 0 radical (unpaired) electrons. The molecule has 1 heterocycles. The van der Waals surface area contributed by atoms with E-state index in [-0.39, 0.29) is 12.6 Å². The number of aliphatic hydroxyl groups excluding tert-OH is 1. The molecule has 0 spiro atoms. The van der Waals surface area contributed by atoms with Crippen molar-refractivity contribution < 1.29 is 5.11 Å². The normalized spacial score (nSPS) is 25.1. The Morgan fingerprint density at radius 3 is 2.88 bits per heavy atom. The molecule has 1 aliphatic rings. The molecule has 4 heteroatoms. The number of nitrogens with one attached hydrogen (secondary N) is 1. The van der Waals surface area contributed by atoms with Crippen molar-refractivity contribution in [1.29, 1.82) is 0 Å². The number of aliphatic hydroxyl groups is 1. The van der Waals surface area contributed by atoms with Gasteiger partial charge in [0.2, 0.25) is 0 Å². The second-order valence-corrected chi connectivity index (χ2v) is 5.12. The van der Waals surface area contributed by atoms with Crippen LogP contribution < -0.4 is 10.2 Å². The number of benzene rings is 1. The minimum Gasteiger partial charge on any atom is -0.394 e. The van der Waals surface area contributed by atoms with Gasteiger partial charge in [-0.25, -0.2) is 0 Å². The quantitative estimate of drug-likeness (QED) is 0.845. The van der Waals surface area contributed by atoms with Crippen molar-refractivity contribution in [3.8, 4) is 0 Å². The average molecular weight is 255 g/mol. The van der Waals surface area contributed by atoms with Crippen LogP contribution in [-0.2, 0) is 0 Å². The zero-order valence-corrected chi connectivity index (χ0v) is 11.0. The van der Waals surface area contributed by atoms with Crippen molar-refractivity contribution in [2.24, 2.45) is 0 Å². The summed E-state index contributed by atoms with van der Waals surface area (Å²) in [5.74, 6) is 0. The first-order valence-corrected chi connectivity index (χ1v) is 6.37. The maximum Gasteiger partial charge on any atom is 0.0649 e. The molecule has 1 aromatic carbocycles. The van der Waals surface area contributed by atoms with Crippen LogP contribution in [0.3, 0.4) is 0 Å². The van der Waals surface area contributed by atoms with Gasteiger partial charge in [0.05, 0.1) is 12.6 Å². The lowest BCUT2D eigenvalue weighted by Crippen LogP contribution is -2.58. The summed E-state index contributed by atoms with van der Waals surface area (Å²) in [6.07, 6.45) is 0. The van der Waals surface area contributed by atoms with E-state index in [0.29, 0.717) is 6.04 Å². The number of hydrogen-bond donors (Lipinski definition) is 2. The highest BCUT2D eigenvalue weighted by Gasteiger charge is 2.28. The van der Waals surface area contributed by atoms with Gasteiger partial charge in [-0.2, -0.15) is 0 Å². The van der Waals surface area contributed by atoms with E-state index in [1.54, 1.807) is 0 Å². The van der Waals surface area contributed by atoms with E-state index < -0.39 is 0 Å². The van der Waals surface area contributed by atoms with Crippen LogP contribution in [0.1, 0.15) is 12.5 Å². The van der Waals surface area contributed by atoms with Gasteiger partial charge in [-0.05, 0) is 37.6 Å². The minimum atomic E-state index is 0.138. The van der Waals surface area contributed by atoms with Gasteiger partial charge < -0.3 is 15.3 Å². The summed E-state index contributed by atoms with van der Waals surface area (Å²) in [6.45, 7) is 6.16. The van der Waals surface area contributed by atoms with E-state index in [4.69, 9.17) is 11.6 Å². The van der Waals surface area contributed by atoms with E-state index in [0.717, 1.165) is 23.7 Å². The molecule has 94 valence electrons. The van der Waals surface area contributed by atoms with Crippen LogP contribution in [0.25, 0.3) is 0 Å². The molecule has 0 bridgehead atoms. The lowest BCUT2D eigenvalue weighted by atomic mass is 10.0. The first-order valence-electron chi connectivity index (χ1n) is 5.99. The Morgan fingerprint density at radius 2 is 2.24 bits per heavy atom. The van der Waals surface area contributed by atoms with Crippen molar-refractivity contribution in [1.82, 2.24) is 5.32 Å². The fourth-order valence-electron chi connectivity index (χ4n) is 2.51. The maximum absolute atomic E-state index is 9.48. The van der Waals surface area contributed by atoms with Gasteiger partial charge >= 0.3 is 0 Å². The highest BCUT2D eigenvalue weighted by molar-refractivity contribution is 6.30. The number of halogens is 1. The molecule has 17 heavy (non-hydrogen) atoms. The smallest absolute Gasteiger partial charge is 0.0649 e. The fourth-order valence-corrected chi connectivity index (χ4v) is 2.74. The van der Waals surface area contributed by atoms with Crippen molar-refractivity contribution in [3.05, 3.63) is 28.8 Å². The van der Waals surface area contributed by atoms with E-state index in [1.807, 2.05) is 18.2 Å². The zero-order valence-electron chi connectivity index (χ0n) is 10.3. The minimum absolute atomic E-state index is 0.138. The average Bonchev–Trinajstić information content (AvgIpc) is 2.30. The standard InChI is InChI=1S/C13H19ClN2O/c1-9-5-11(14)3-4-13(9)16-10(2)6-15-7-12(16)8-17/h3-5,10,12,15,17H,6-8H2,1-2H3. The zero-order chi connectivity index (χ0) is 12.4. The third-order valence-electron chi connectivity index (χ3n) is 3.34. The SMILES string of the molecule is Cc1cc(Cl)ccc1N1C(C)CNCC1CO. The number of nitrogens with zero attached hydrogens (tertiary/aromatic N) is 1. The number of aryl methyl sites for hydroxylation is 1. The Labute approximate surface area is 107 Å². The third-order valence-corrected chi connectivity index (χ3v) is 3.57. The molecule has 0 amide bonds. The van der Waals surface area contributed by atoms with Crippen molar-refractivity contribution in [2.75, 3.05) is 24.6 Å². The monoisotopic (exact) mass is 254 g/mol. The summed E-state index contributed by atoms with van der Waals surface area (Å²) >= 11 is 5.98. The fraction of sp³-hybridized carbons (Fsp3) is 0.538. The molecular weight excluding hydrogens is 236 g/mol. The summed E-state index contributed by atoms with van der Waals surface area (Å²) < 4.78 is 0. The van der Waals surface area contributed by atoms with Gasteiger partial charge in [0.25, 0.3) is 0 Å². The van der Waals surface area contributed by atoms with Crippen molar-refractivity contribution in [2.45, 2.75) is 25.9 Å². The Balaban J connectivity index is 2.34. The van der Waals surface area contributed by atoms with Crippen LogP contribution in [-0.4, -0.2) is 36.9 Å². The van der Waals surface area contributed by atoms with Crippen LogP contribution in [0.5, 0.6) is 0 Å². The molecule has 2 unspecified atom stereocenters. The molecule has 3 nitrogen and oxygen atoms in total. The second kappa shape index (κ2) is 5.25.